The van der Waals surface area contributed by atoms with Crippen LogP contribution < -0.4 is 5.32 Å². The van der Waals surface area contributed by atoms with Gasteiger partial charge in [-0.15, -0.1) is 0 Å². The zero-order valence-corrected chi connectivity index (χ0v) is 11.6. The second-order valence-corrected chi connectivity index (χ2v) is 4.91. The average molecular weight is 255 g/mol. The first-order chi connectivity index (χ1) is 9.08. The molecule has 0 unspecified atom stereocenters. The molecule has 0 saturated heterocycles. The smallest absolute Gasteiger partial charge is 0.155 e. The molecule has 3 aromatic rings. The molecule has 0 fully saturated rings. The molecule has 0 atom stereocenters. The maximum atomic E-state index is 5.74. The van der Waals surface area contributed by atoms with Gasteiger partial charge < -0.3 is 9.73 Å². The number of benzene rings is 1. The van der Waals surface area contributed by atoms with E-state index in [0.717, 1.165) is 39.5 Å². The average Bonchev–Trinajstić information content (AvgIpc) is 2.85. The first-order valence-corrected chi connectivity index (χ1v) is 6.35. The molecule has 0 radical (unpaired) electrons. The number of rotatable bonds is 2. The number of aromatic amines is 1. The van der Waals surface area contributed by atoms with Crippen LogP contribution >= 0.6 is 0 Å². The highest BCUT2D eigenvalue weighted by Gasteiger charge is 2.13. The number of fused-ring (bicyclic) bond motifs is 1. The molecular formula is C15H17N3O. The topological polar surface area (TPSA) is 53.9 Å². The largest absolute Gasteiger partial charge is 0.461 e. The lowest BCUT2D eigenvalue weighted by Crippen LogP contribution is -1.93. The summed E-state index contributed by atoms with van der Waals surface area (Å²) in [7, 11) is 0. The van der Waals surface area contributed by atoms with Crippen molar-refractivity contribution in [1.82, 2.24) is 10.2 Å². The van der Waals surface area contributed by atoms with Gasteiger partial charge >= 0.3 is 0 Å². The maximum Gasteiger partial charge on any atom is 0.155 e. The van der Waals surface area contributed by atoms with Crippen LogP contribution in [-0.4, -0.2) is 10.2 Å². The molecule has 98 valence electrons. The van der Waals surface area contributed by atoms with Gasteiger partial charge in [0.25, 0.3) is 0 Å². The number of hydrogen-bond donors (Lipinski definition) is 2. The van der Waals surface area contributed by atoms with Crippen molar-refractivity contribution in [3.63, 3.8) is 0 Å². The van der Waals surface area contributed by atoms with Crippen LogP contribution in [0.1, 0.15) is 22.6 Å². The van der Waals surface area contributed by atoms with Crippen LogP contribution in [0.2, 0.25) is 0 Å². The first-order valence-electron chi connectivity index (χ1n) is 6.35. The Kier molecular flexibility index (Phi) is 2.59. The van der Waals surface area contributed by atoms with E-state index in [1.165, 1.54) is 5.56 Å². The Labute approximate surface area is 111 Å². The summed E-state index contributed by atoms with van der Waals surface area (Å²) >= 11 is 0. The minimum atomic E-state index is 0.864. The lowest BCUT2D eigenvalue weighted by Gasteiger charge is -2.06. The summed E-state index contributed by atoms with van der Waals surface area (Å²) in [6, 6.07) is 6.03. The quantitative estimate of drug-likeness (QED) is 0.723. The first kappa shape index (κ1) is 11.8. The number of anilines is 2. The van der Waals surface area contributed by atoms with Crippen LogP contribution in [-0.2, 0) is 0 Å². The van der Waals surface area contributed by atoms with E-state index in [1.54, 1.807) is 0 Å². The summed E-state index contributed by atoms with van der Waals surface area (Å²) in [6.45, 7) is 8.13. The minimum absolute atomic E-state index is 0.864. The number of H-pyrrole nitrogens is 1. The van der Waals surface area contributed by atoms with E-state index in [1.807, 2.05) is 32.0 Å². The van der Waals surface area contributed by atoms with E-state index >= 15 is 0 Å². The fourth-order valence-corrected chi connectivity index (χ4v) is 2.26. The van der Waals surface area contributed by atoms with Gasteiger partial charge in [-0.25, -0.2) is 0 Å². The molecule has 1 aromatic carbocycles. The molecule has 0 bridgehead atoms. The van der Waals surface area contributed by atoms with Crippen molar-refractivity contribution in [2.24, 2.45) is 0 Å². The van der Waals surface area contributed by atoms with Crippen molar-refractivity contribution in [2.75, 3.05) is 5.32 Å². The summed E-state index contributed by atoms with van der Waals surface area (Å²) in [5.41, 5.74) is 5.32. The SMILES string of the molecule is Cc1[nH]nc(Nc2cccc3oc(C)c(C)c23)c1C. The van der Waals surface area contributed by atoms with Gasteiger partial charge in [0.05, 0.1) is 5.69 Å². The predicted octanol–water partition coefficient (Wildman–Crippen LogP) is 4.13. The van der Waals surface area contributed by atoms with E-state index in [2.05, 4.69) is 29.4 Å². The van der Waals surface area contributed by atoms with E-state index in [4.69, 9.17) is 4.42 Å². The van der Waals surface area contributed by atoms with Crippen molar-refractivity contribution in [1.29, 1.82) is 0 Å². The molecule has 2 aromatic heterocycles. The molecule has 4 heteroatoms. The number of nitrogens with zero attached hydrogens (tertiary/aromatic N) is 1. The number of nitrogens with one attached hydrogen (secondary N) is 2. The third kappa shape index (κ3) is 1.80. The van der Waals surface area contributed by atoms with Gasteiger partial charge in [0.2, 0.25) is 0 Å². The van der Waals surface area contributed by atoms with Crippen LogP contribution in [0.5, 0.6) is 0 Å². The molecule has 2 N–H and O–H groups in total. The van der Waals surface area contributed by atoms with Crippen molar-refractivity contribution < 1.29 is 4.42 Å². The zero-order chi connectivity index (χ0) is 13.6. The van der Waals surface area contributed by atoms with Gasteiger partial charge in [0.1, 0.15) is 11.3 Å². The van der Waals surface area contributed by atoms with Gasteiger partial charge in [-0.05, 0) is 39.8 Å². The van der Waals surface area contributed by atoms with E-state index in [0.29, 0.717) is 0 Å². The molecule has 4 nitrogen and oxygen atoms in total. The third-order valence-electron chi connectivity index (χ3n) is 3.70. The normalized spacial score (nSPS) is 11.2. The van der Waals surface area contributed by atoms with Crippen molar-refractivity contribution in [3.8, 4) is 0 Å². The van der Waals surface area contributed by atoms with Crippen LogP contribution in [0, 0.1) is 27.7 Å². The van der Waals surface area contributed by atoms with Gasteiger partial charge in [-0.3, -0.25) is 5.10 Å². The molecule has 0 aliphatic rings. The Morgan fingerprint density at radius 1 is 1.11 bits per heavy atom. The molecule has 19 heavy (non-hydrogen) atoms. The fourth-order valence-electron chi connectivity index (χ4n) is 2.26. The van der Waals surface area contributed by atoms with E-state index in [9.17, 15) is 0 Å². The van der Waals surface area contributed by atoms with Gasteiger partial charge in [0.15, 0.2) is 5.82 Å². The fraction of sp³-hybridized carbons (Fsp3) is 0.267. The number of furan rings is 1. The molecule has 0 saturated carbocycles. The predicted molar refractivity (Wildman–Crippen MR) is 77.0 cm³/mol. The number of hydrogen-bond acceptors (Lipinski definition) is 3. The summed E-state index contributed by atoms with van der Waals surface area (Å²) in [4.78, 5) is 0. The van der Waals surface area contributed by atoms with E-state index < -0.39 is 0 Å². The molecular weight excluding hydrogens is 238 g/mol. The van der Waals surface area contributed by atoms with Gasteiger partial charge in [-0.1, -0.05) is 6.07 Å². The molecule has 0 amide bonds. The van der Waals surface area contributed by atoms with Gasteiger partial charge in [-0.2, -0.15) is 5.10 Å². The Hall–Kier alpha value is -2.23. The molecule has 2 heterocycles. The Morgan fingerprint density at radius 2 is 1.89 bits per heavy atom. The van der Waals surface area contributed by atoms with Crippen LogP contribution in [0.3, 0.4) is 0 Å². The van der Waals surface area contributed by atoms with Crippen LogP contribution in [0.25, 0.3) is 11.0 Å². The maximum absolute atomic E-state index is 5.74. The second-order valence-electron chi connectivity index (χ2n) is 4.91. The van der Waals surface area contributed by atoms with Crippen LogP contribution in [0.4, 0.5) is 11.5 Å². The lowest BCUT2D eigenvalue weighted by molar-refractivity contribution is 0.575. The lowest BCUT2D eigenvalue weighted by atomic mass is 10.1. The van der Waals surface area contributed by atoms with Crippen LogP contribution in [0.15, 0.2) is 22.6 Å². The number of aromatic nitrogens is 2. The molecule has 3 rings (SSSR count). The highest BCUT2D eigenvalue weighted by Crippen LogP contribution is 2.33. The van der Waals surface area contributed by atoms with Gasteiger partial charge in [0, 0.05) is 22.2 Å². The minimum Gasteiger partial charge on any atom is -0.461 e. The Morgan fingerprint density at radius 3 is 2.58 bits per heavy atom. The summed E-state index contributed by atoms with van der Waals surface area (Å²) in [5, 5.41) is 11.8. The number of aryl methyl sites for hydroxylation is 3. The monoisotopic (exact) mass is 255 g/mol. The van der Waals surface area contributed by atoms with Crippen molar-refractivity contribution >= 4 is 22.5 Å². The van der Waals surface area contributed by atoms with Crippen molar-refractivity contribution in [3.05, 3.63) is 40.8 Å². The van der Waals surface area contributed by atoms with Crippen molar-refractivity contribution in [2.45, 2.75) is 27.7 Å². The second kappa shape index (κ2) is 4.16. The standard InChI is InChI=1S/C15H17N3O/c1-8-10(3)17-18-15(8)16-12-6-5-7-13-14(12)9(2)11(4)19-13/h5-7H,1-4H3,(H2,16,17,18). The zero-order valence-electron chi connectivity index (χ0n) is 11.6. The highest BCUT2D eigenvalue weighted by atomic mass is 16.3. The molecule has 0 spiro atoms. The molecule has 0 aliphatic heterocycles. The Balaban J connectivity index is 2.13. The summed E-state index contributed by atoms with van der Waals surface area (Å²) < 4.78 is 5.74. The molecule has 0 aliphatic carbocycles. The summed E-state index contributed by atoms with van der Waals surface area (Å²) in [6.07, 6.45) is 0. The summed E-state index contributed by atoms with van der Waals surface area (Å²) in [5.74, 6) is 1.82. The highest BCUT2D eigenvalue weighted by molar-refractivity contribution is 5.95. The van der Waals surface area contributed by atoms with E-state index in [-0.39, 0.29) is 0 Å². The Bertz CT molecular complexity index is 752. The third-order valence-corrected chi connectivity index (χ3v) is 3.70.